The van der Waals surface area contributed by atoms with Crippen molar-refractivity contribution in [1.29, 1.82) is 0 Å². The third-order valence-corrected chi connectivity index (χ3v) is 3.48. The summed E-state index contributed by atoms with van der Waals surface area (Å²) in [6, 6.07) is 4.43. The molecule has 19 heavy (non-hydrogen) atoms. The second-order valence-corrected chi connectivity index (χ2v) is 5.20. The molecule has 1 rings (SSSR count). The molecule has 0 aliphatic heterocycles. The minimum Gasteiger partial charge on any atom is -0.493 e. The van der Waals surface area contributed by atoms with Crippen LogP contribution in [0, 0.1) is 11.7 Å². The van der Waals surface area contributed by atoms with Gasteiger partial charge in [0.25, 0.3) is 0 Å². The van der Waals surface area contributed by atoms with E-state index in [1.54, 1.807) is 6.07 Å². The minimum atomic E-state index is -0.277. The monoisotopic (exact) mass is 267 g/mol. The largest absolute Gasteiger partial charge is 0.493 e. The minimum absolute atomic E-state index is 0.147. The van der Waals surface area contributed by atoms with Crippen molar-refractivity contribution in [3.05, 3.63) is 29.6 Å². The van der Waals surface area contributed by atoms with Gasteiger partial charge in [0.05, 0.1) is 6.61 Å². The highest BCUT2D eigenvalue weighted by Crippen LogP contribution is 2.26. The van der Waals surface area contributed by atoms with E-state index in [4.69, 9.17) is 10.5 Å². The molecule has 0 amide bonds. The fourth-order valence-electron chi connectivity index (χ4n) is 2.12. The second kappa shape index (κ2) is 8.16. The highest BCUT2D eigenvalue weighted by Gasteiger charge is 2.12. The van der Waals surface area contributed by atoms with Crippen molar-refractivity contribution >= 4 is 0 Å². The molecule has 0 aliphatic rings. The predicted molar refractivity (Wildman–Crippen MR) is 77.8 cm³/mol. The smallest absolute Gasteiger partial charge is 0.126 e. The molecule has 0 aromatic heterocycles. The zero-order valence-electron chi connectivity index (χ0n) is 12.3. The number of benzene rings is 1. The maximum atomic E-state index is 13.3. The van der Waals surface area contributed by atoms with Crippen molar-refractivity contribution in [3.63, 3.8) is 0 Å². The first kappa shape index (κ1) is 16.0. The number of hydrogen-bond acceptors (Lipinski definition) is 2. The van der Waals surface area contributed by atoms with Gasteiger partial charge in [-0.1, -0.05) is 39.2 Å². The Labute approximate surface area is 116 Å². The molecule has 3 heteroatoms. The summed E-state index contributed by atoms with van der Waals surface area (Å²) in [6.07, 6.45) is 4.66. The van der Waals surface area contributed by atoms with E-state index in [0.29, 0.717) is 18.3 Å². The molecule has 0 spiro atoms. The van der Waals surface area contributed by atoms with E-state index in [1.807, 2.05) is 6.92 Å². The average Bonchev–Trinajstić information content (AvgIpc) is 2.38. The van der Waals surface area contributed by atoms with Gasteiger partial charge < -0.3 is 10.5 Å². The number of hydrogen-bond donors (Lipinski definition) is 1. The number of unbranched alkanes of at least 4 members (excludes halogenated alkanes) is 1. The molecule has 2 atom stereocenters. The van der Waals surface area contributed by atoms with Gasteiger partial charge in [0.15, 0.2) is 0 Å². The van der Waals surface area contributed by atoms with Crippen molar-refractivity contribution in [1.82, 2.24) is 0 Å². The molecular formula is C16H26FNO. The van der Waals surface area contributed by atoms with Gasteiger partial charge in [-0.2, -0.15) is 0 Å². The highest BCUT2D eigenvalue weighted by atomic mass is 19.1. The maximum Gasteiger partial charge on any atom is 0.126 e. The lowest BCUT2D eigenvalue weighted by Gasteiger charge is -2.18. The van der Waals surface area contributed by atoms with Crippen LogP contribution in [0.4, 0.5) is 4.39 Å². The van der Waals surface area contributed by atoms with E-state index in [1.165, 1.54) is 25.0 Å². The van der Waals surface area contributed by atoms with Crippen LogP contribution >= 0.6 is 0 Å². The van der Waals surface area contributed by atoms with Gasteiger partial charge in [-0.25, -0.2) is 4.39 Å². The second-order valence-electron chi connectivity index (χ2n) is 5.20. The lowest BCUT2D eigenvalue weighted by Crippen LogP contribution is -2.14. The van der Waals surface area contributed by atoms with Crippen LogP contribution in [0.15, 0.2) is 18.2 Å². The molecule has 0 saturated heterocycles. The Bertz CT molecular complexity index is 379. The van der Waals surface area contributed by atoms with Crippen LogP contribution in [-0.2, 0) is 0 Å². The summed E-state index contributed by atoms with van der Waals surface area (Å²) in [7, 11) is 0. The van der Waals surface area contributed by atoms with Gasteiger partial charge >= 0.3 is 0 Å². The first-order valence-corrected chi connectivity index (χ1v) is 7.26. The normalized spacial score (nSPS) is 14.2. The Morgan fingerprint density at radius 3 is 2.63 bits per heavy atom. The Morgan fingerprint density at radius 2 is 2.05 bits per heavy atom. The van der Waals surface area contributed by atoms with Crippen LogP contribution in [0.3, 0.4) is 0 Å². The predicted octanol–water partition coefficient (Wildman–Crippen LogP) is 4.44. The van der Waals surface area contributed by atoms with Crippen LogP contribution in [0.25, 0.3) is 0 Å². The van der Waals surface area contributed by atoms with Gasteiger partial charge in [0, 0.05) is 17.7 Å². The number of halogens is 1. The van der Waals surface area contributed by atoms with Gasteiger partial charge in [-0.15, -0.1) is 0 Å². The van der Waals surface area contributed by atoms with Gasteiger partial charge in [0.1, 0.15) is 11.6 Å². The summed E-state index contributed by atoms with van der Waals surface area (Å²) >= 11 is 0. The summed E-state index contributed by atoms with van der Waals surface area (Å²) in [4.78, 5) is 0. The maximum absolute atomic E-state index is 13.3. The zero-order chi connectivity index (χ0) is 14.3. The summed E-state index contributed by atoms with van der Waals surface area (Å²) in [5.74, 6) is 0.843. The summed E-state index contributed by atoms with van der Waals surface area (Å²) < 4.78 is 19.1. The molecule has 0 heterocycles. The highest BCUT2D eigenvalue weighted by molar-refractivity contribution is 5.36. The standard InChI is InChI=1S/C16H26FNO/c1-4-6-7-13(5-2)11-19-16-10-14(17)8-9-15(16)12(3)18/h8-10,12-13H,4-7,11,18H2,1-3H3/t12-,13?/m0/s1. The van der Waals surface area contributed by atoms with Crippen LogP contribution in [0.1, 0.15) is 58.1 Å². The summed E-state index contributed by atoms with van der Waals surface area (Å²) in [6.45, 7) is 6.88. The Hall–Kier alpha value is -1.09. The summed E-state index contributed by atoms with van der Waals surface area (Å²) in [5, 5.41) is 0. The molecule has 108 valence electrons. The third kappa shape index (κ3) is 5.19. The topological polar surface area (TPSA) is 35.2 Å². The molecule has 0 fully saturated rings. The Balaban J connectivity index is 2.67. The van der Waals surface area contributed by atoms with Crippen LogP contribution in [0.2, 0.25) is 0 Å². The molecule has 1 aromatic carbocycles. The van der Waals surface area contributed by atoms with E-state index in [-0.39, 0.29) is 11.9 Å². The fourth-order valence-corrected chi connectivity index (χ4v) is 2.12. The SMILES string of the molecule is CCCCC(CC)COc1cc(F)ccc1[C@H](C)N. The lowest BCUT2D eigenvalue weighted by molar-refractivity contribution is 0.230. The third-order valence-electron chi connectivity index (χ3n) is 3.48. The molecule has 1 aromatic rings. The molecule has 1 unspecified atom stereocenters. The van der Waals surface area contributed by atoms with E-state index in [9.17, 15) is 4.39 Å². The van der Waals surface area contributed by atoms with Crippen molar-refractivity contribution < 1.29 is 9.13 Å². The number of ether oxygens (including phenoxy) is 1. The first-order valence-electron chi connectivity index (χ1n) is 7.26. The molecule has 2 N–H and O–H groups in total. The summed E-state index contributed by atoms with van der Waals surface area (Å²) in [5.41, 5.74) is 6.75. The van der Waals surface area contributed by atoms with Crippen LogP contribution in [0.5, 0.6) is 5.75 Å². The van der Waals surface area contributed by atoms with Crippen molar-refractivity contribution in [2.75, 3.05) is 6.61 Å². The van der Waals surface area contributed by atoms with Crippen LogP contribution < -0.4 is 10.5 Å². The quantitative estimate of drug-likeness (QED) is 0.755. The van der Waals surface area contributed by atoms with E-state index in [0.717, 1.165) is 18.4 Å². The molecule has 0 aliphatic carbocycles. The van der Waals surface area contributed by atoms with Crippen molar-refractivity contribution in [2.24, 2.45) is 11.7 Å². The first-order chi connectivity index (χ1) is 9.08. The van der Waals surface area contributed by atoms with Crippen molar-refractivity contribution in [3.8, 4) is 5.75 Å². The van der Waals surface area contributed by atoms with Crippen LogP contribution in [-0.4, -0.2) is 6.61 Å². The van der Waals surface area contributed by atoms with E-state index < -0.39 is 0 Å². The van der Waals surface area contributed by atoms with Gasteiger partial charge in [-0.05, 0) is 25.3 Å². The molecule has 2 nitrogen and oxygen atoms in total. The van der Waals surface area contributed by atoms with E-state index in [2.05, 4.69) is 13.8 Å². The molecule has 0 radical (unpaired) electrons. The number of rotatable bonds is 8. The lowest BCUT2D eigenvalue weighted by atomic mass is 10.0. The Morgan fingerprint density at radius 1 is 1.32 bits per heavy atom. The molecule has 0 bridgehead atoms. The molecule has 0 saturated carbocycles. The van der Waals surface area contributed by atoms with Gasteiger partial charge in [-0.3, -0.25) is 0 Å². The molecular weight excluding hydrogens is 241 g/mol. The van der Waals surface area contributed by atoms with E-state index >= 15 is 0 Å². The zero-order valence-corrected chi connectivity index (χ0v) is 12.3. The van der Waals surface area contributed by atoms with Crippen molar-refractivity contribution in [2.45, 2.75) is 52.5 Å². The number of nitrogens with two attached hydrogens (primary N) is 1. The average molecular weight is 267 g/mol. The van der Waals surface area contributed by atoms with Gasteiger partial charge in [0.2, 0.25) is 0 Å². The Kier molecular flexibility index (Phi) is 6.85. The fraction of sp³-hybridized carbons (Fsp3) is 0.625.